The lowest BCUT2D eigenvalue weighted by atomic mass is 10.1. The van der Waals surface area contributed by atoms with Gasteiger partial charge in [0.15, 0.2) is 0 Å². The Morgan fingerprint density at radius 3 is 2.73 bits per heavy atom. The van der Waals surface area contributed by atoms with E-state index < -0.39 is 0 Å². The maximum Gasteiger partial charge on any atom is 0.0441 e. The van der Waals surface area contributed by atoms with E-state index in [1.54, 1.807) is 0 Å². The molecule has 0 N–H and O–H groups in total. The lowest BCUT2D eigenvalue weighted by molar-refractivity contribution is 1.12. The van der Waals surface area contributed by atoms with Gasteiger partial charge in [0.05, 0.1) is 0 Å². The van der Waals surface area contributed by atoms with Crippen LogP contribution in [0.4, 0.5) is 0 Å². The summed E-state index contributed by atoms with van der Waals surface area (Å²) in [4.78, 5) is 0. The van der Waals surface area contributed by atoms with E-state index in [2.05, 4.69) is 19.1 Å². The van der Waals surface area contributed by atoms with Crippen molar-refractivity contribution in [1.29, 1.82) is 0 Å². The first-order valence-corrected chi connectivity index (χ1v) is 4.41. The third kappa shape index (κ3) is 1.41. The van der Waals surface area contributed by atoms with Gasteiger partial charge in [-0.2, -0.15) is 0 Å². The van der Waals surface area contributed by atoms with E-state index in [0.29, 0.717) is 0 Å². The molecule has 0 aromatic heterocycles. The fourth-order valence-electron chi connectivity index (χ4n) is 1.37. The highest BCUT2D eigenvalue weighted by Crippen LogP contribution is 2.43. The van der Waals surface area contributed by atoms with Gasteiger partial charge in [0.1, 0.15) is 0 Å². The first-order chi connectivity index (χ1) is 5.27. The molecule has 0 heterocycles. The predicted molar refractivity (Wildman–Crippen MR) is 48.2 cm³/mol. The fraction of sp³-hybridized carbons (Fsp3) is 0.400. The molecule has 1 aromatic rings. The van der Waals surface area contributed by atoms with Gasteiger partial charge in [-0.3, -0.25) is 0 Å². The first-order valence-electron chi connectivity index (χ1n) is 4.03. The molecule has 1 aliphatic rings. The second-order valence-electron chi connectivity index (χ2n) is 3.30. The molecule has 1 aromatic carbocycles. The standard InChI is InChI=1S/C10H11Cl/c1-7-2-5-10(11)9(6-7)8-3-4-8/h2,5-6,8H,3-4H2,1H3. The van der Waals surface area contributed by atoms with Crippen LogP contribution in [0.2, 0.25) is 5.02 Å². The predicted octanol–water partition coefficient (Wildman–Crippen LogP) is 3.53. The molecule has 0 atom stereocenters. The lowest BCUT2D eigenvalue weighted by Gasteiger charge is -2.02. The molecule has 1 aliphatic carbocycles. The smallest absolute Gasteiger partial charge is 0.0441 e. The van der Waals surface area contributed by atoms with E-state index >= 15 is 0 Å². The minimum absolute atomic E-state index is 0.766. The topological polar surface area (TPSA) is 0 Å². The third-order valence-electron chi connectivity index (χ3n) is 2.17. The Hall–Kier alpha value is -0.490. The van der Waals surface area contributed by atoms with E-state index in [1.807, 2.05) is 6.07 Å². The van der Waals surface area contributed by atoms with Gasteiger partial charge < -0.3 is 0 Å². The second-order valence-corrected chi connectivity index (χ2v) is 3.71. The van der Waals surface area contributed by atoms with Crippen molar-refractivity contribution in [1.82, 2.24) is 0 Å². The molecule has 11 heavy (non-hydrogen) atoms. The van der Waals surface area contributed by atoms with Gasteiger partial charge in [0.2, 0.25) is 0 Å². The Labute approximate surface area is 72.2 Å². The molecule has 1 heteroatoms. The fourth-order valence-corrected chi connectivity index (χ4v) is 1.64. The Kier molecular flexibility index (Phi) is 1.65. The number of benzene rings is 1. The molecule has 0 bridgehead atoms. The van der Waals surface area contributed by atoms with Gasteiger partial charge in [-0.1, -0.05) is 29.3 Å². The summed E-state index contributed by atoms with van der Waals surface area (Å²) in [6.45, 7) is 2.11. The van der Waals surface area contributed by atoms with Crippen molar-refractivity contribution in [2.45, 2.75) is 25.7 Å². The zero-order chi connectivity index (χ0) is 7.84. The number of hydrogen-bond donors (Lipinski definition) is 0. The number of hydrogen-bond acceptors (Lipinski definition) is 0. The van der Waals surface area contributed by atoms with Gasteiger partial charge in [-0.15, -0.1) is 0 Å². The minimum Gasteiger partial charge on any atom is -0.0840 e. The number of aryl methyl sites for hydroxylation is 1. The molecule has 0 amide bonds. The van der Waals surface area contributed by atoms with Gasteiger partial charge >= 0.3 is 0 Å². The monoisotopic (exact) mass is 166 g/mol. The molecule has 0 saturated heterocycles. The van der Waals surface area contributed by atoms with E-state index in [9.17, 15) is 0 Å². The summed E-state index contributed by atoms with van der Waals surface area (Å²) in [6.07, 6.45) is 2.65. The number of halogens is 1. The minimum atomic E-state index is 0.766. The van der Waals surface area contributed by atoms with Gasteiger partial charge in [0, 0.05) is 5.02 Å². The van der Waals surface area contributed by atoms with Crippen molar-refractivity contribution < 1.29 is 0 Å². The molecule has 1 fully saturated rings. The summed E-state index contributed by atoms with van der Waals surface area (Å²) in [5, 5.41) is 0.943. The molecule has 1 saturated carbocycles. The highest BCUT2D eigenvalue weighted by Gasteiger charge is 2.25. The van der Waals surface area contributed by atoms with E-state index in [0.717, 1.165) is 10.9 Å². The van der Waals surface area contributed by atoms with E-state index in [4.69, 9.17) is 11.6 Å². The highest BCUT2D eigenvalue weighted by atomic mass is 35.5. The van der Waals surface area contributed by atoms with Crippen LogP contribution in [0.1, 0.15) is 29.9 Å². The van der Waals surface area contributed by atoms with Crippen LogP contribution in [-0.2, 0) is 0 Å². The Morgan fingerprint density at radius 2 is 2.09 bits per heavy atom. The zero-order valence-corrected chi connectivity index (χ0v) is 7.36. The molecule has 0 radical (unpaired) electrons. The van der Waals surface area contributed by atoms with Gasteiger partial charge in [-0.25, -0.2) is 0 Å². The normalized spacial score (nSPS) is 16.9. The van der Waals surface area contributed by atoms with Crippen LogP contribution < -0.4 is 0 Å². The van der Waals surface area contributed by atoms with Crippen LogP contribution in [-0.4, -0.2) is 0 Å². The second kappa shape index (κ2) is 2.53. The van der Waals surface area contributed by atoms with Crippen LogP contribution in [0.5, 0.6) is 0 Å². The highest BCUT2D eigenvalue weighted by molar-refractivity contribution is 6.31. The van der Waals surface area contributed by atoms with E-state index in [-0.39, 0.29) is 0 Å². The SMILES string of the molecule is Cc1ccc(Cl)c(C2CC2)c1. The van der Waals surface area contributed by atoms with Crippen LogP contribution >= 0.6 is 11.6 Å². The molecular formula is C10H11Cl. The number of rotatable bonds is 1. The molecule has 0 unspecified atom stereocenters. The summed E-state index contributed by atoms with van der Waals surface area (Å²) in [5.74, 6) is 0.766. The summed E-state index contributed by atoms with van der Waals surface area (Å²) in [5.41, 5.74) is 2.67. The van der Waals surface area contributed by atoms with Crippen LogP contribution in [0, 0.1) is 6.92 Å². The molecular weight excluding hydrogens is 156 g/mol. The van der Waals surface area contributed by atoms with Crippen LogP contribution in [0.3, 0.4) is 0 Å². The molecule has 2 rings (SSSR count). The maximum absolute atomic E-state index is 6.03. The lowest BCUT2D eigenvalue weighted by Crippen LogP contribution is -1.82. The van der Waals surface area contributed by atoms with E-state index in [1.165, 1.54) is 24.0 Å². The Morgan fingerprint density at radius 1 is 1.36 bits per heavy atom. The first kappa shape index (κ1) is 7.17. The summed E-state index contributed by atoms with van der Waals surface area (Å²) < 4.78 is 0. The molecule has 0 nitrogen and oxygen atoms in total. The Balaban J connectivity index is 2.42. The van der Waals surface area contributed by atoms with Gasteiger partial charge in [0.25, 0.3) is 0 Å². The van der Waals surface area contributed by atoms with Crippen molar-refractivity contribution in [2.75, 3.05) is 0 Å². The van der Waals surface area contributed by atoms with Crippen molar-refractivity contribution in [3.05, 3.63) is 34.3 Å². The van der Waals surface area contributed by atoms with Crippen molar-refractivity contribution in [2.24, 2.45) is 0 Å². The summed E-state index contributed by atoms with van der Waals surface area (Å²) in [6, 6.07) is 6.28. The largest absolute Gasteiger partial charge is 0.0840 e. The molecule has 58 valence electrons. The van der Waals surface area contributed by atoms with Crippen LogP contribution in [0.15, 0.2) is 18.2 Å². The average Bonchev–Trinajstić information content (AvgIpc) is 2.76. The van der Waals surface area contributed by atoms with Crippen molar-refractivity contribution in [3.8, 4) is 0 Å². The van der Waals surface area contributed by atoms with Crippen LogP contribution in [0.25, 0.3) is 0 Å². The quantitative estimate of drug-likeness (QED) is 0.599. The molecule has 0 spiro atoms. The summed E-state index contributed by atoms with van der Waals surface area (Å²) in [7, 11) is 0. The molecule has 0 aliphatic heterocycles. The van der Waals surface area contributed by atoms with Gasteiger partial charge in [-0.05, 0) is 37.3 Å². The Bertz CT molecular complexity index is 274. The third-order valence-corrected chi connectivity index (χ3v) is 2.51. The summed E-state index contributed by atoms with van der Waals surface area (Å²) >= 11 is 6.03. The van der Waals surface area contributed by atoms with Crippen molar-refractivity contribution >= 4 is 11.6 Å². The maximum atomic E-state index is 6.03. The zero-order valence-electron chi connectivity index (χ0n) is 6.60. The van der Waals surface area contributed by atoms with Crippen molar-refractivity contribution in [3.63, 3.8) is 0 Å². The average molecular weight is 167 g/mol.